The number of anilines is 1. The Balaban J connectivity index is 1.29. The van der Waals surface area contributed by atoms with E-state index >= 15 is 0 Å². The summed E-state index contributed by atoms with van der Waals surface area (Å²) in [6, 6.07) is 25.3. The second-order valence-electron chi connectivity index (χ2n) is 8.62. The Hall–Kier alpha value is -3.81. The fourth-order valence-corrected chi connectivity index (χ4v) is 4.14. The first kappa shape index (κ1) is 27.2. The SMILES string of the molecule is Cc1ccc(COc2ccc(-c3cc(C(=O)N/N=C/c4ccc(N(CCCl)CCCl)cc4)[nH]n3)cc2)cc1. The standard InChI is InChI=1S/C29H29Cl2N5O2/c1-21-2-4-23(5-3-21)20-38-26-12-8-24(9-13-26)27-18-28(34-33-27)29(37)35-32-19-22-6-10-25(11-7-22)36(16-14-30)17-15-31/h2-13,18-19H,14-17,20H2,1H3,(H,33,34)(H,35,37)/b32-19+. The highest BCUT2D eigenvalue weighted by atomic mass is 35.5. The Bertz CT molecular complexity index is 1330. The lowest BCUT2D eigenvalue weighted by Crippen LogP contribution is -2.27. The summed E-state index contributed by atoms with van der Waals surface area (Å²) in [6.45, 7) is 3.99. The number of benzene rings is 3. The molecule has 0 fully saturated rings. The molecular formula is C29H29Cl2N5O2. The van der Waals surface area contributed by atoms with Crippen molar-refractivity contribution >= 4 is 41.0 Å². The lowest BCUT2D eigenvalue weighted by Gasteiger charge is -2.22. The van der Waals surface area contributed by atoms with Crippen LogP contribution in [0.3, 0.4) is 0 Å². The van der Waals surface area contributed by atoms with Crippen molar-refractivity contribution in [2.24, 2.45) is 5.10 Å². The Morgan fingerprint density at radius 2 is 1.68 bits per heavy atom. The molecule has 7 nitrogen and oxygen atoms in total. The molecule has 4 aromatic rings. The largest absolute Gasteiger partial charge is 0.489 e. The summed E-state index contributed by atoms with van der Waals surface area (Å²) in [5.41, 5.74) is 8.56. The molecule has 4 rings (SSSR count). The maximum atomic E-state index is 12.5. The van der Waals surface area contributed by atoms with Gasteiger partial charge in [-0.3, -0.25) is 9.89 Å². The predicted molar refractivity (Wildman–Crippen MR) is 155 cm³/mol. The van der Waals surface area contributed by atoms with Gasteiger partial charge >= 0.3 is 0 Å². The van der Waals surface area contributed by atoms with Crippen molar-refractivity contribution in [1.82, 2.24) is 15.6 Å². The number of ether oxygens (including phenoxy) is 1. The maximum Gasteiger partial charge on any atom is 0.289 e. The van der Waals surface area contributed by atoms with Crippen LogP contribution in [0.4, 0.5) is 5.69 Å². The van der Waals surface area contributed by atoms with Crippen molar-refractivity contribution in [1.29, 1.82) is 0 Å². The van der Waals surface area contributed by atoms with E-state index in [1.165, 1.54) is 5.56 Å². The number of alkyl halides is 2. The summed E-state index contributed by atoms with van der Waals surface area (Å²) in [6.07, 6.45) is 1.59. The van der Waals surface area contributed by atoms with Gasteiger partial charge in [-0.1, -0.05) is 42.0 Å². The molecule has 0 bridgehead atoms. The predicted octanol–water partition coefficient (Wildman–Crippen LogP) is 6.01. The minimum absolute atomic E-state index is 0.310. The second kappa shape index (κ2) is 13.7. The molecule has 38 heavy (non-hydrogen) atoms. The number of H-pyrrole nitrogens is 1. The molecule has 196 valence electrons. The molecule has 1 aromatic heterocycles. The third-order valence-corrected chi connectivity index (χ3v) is 6.18. The Morgan fingerprint density at radius 3 is 2.34 bits per heavy atom. The number of carbonyl (C=O) groups is 1. The van der Waals surface area contributed by atoms with E-state index in [2.05, 4.69) is 56.8 Å². The zero-order valence-electron chi connectivity index (χ0n) is 21.0. The topological polar surface area (TPSA) is 82.6 Å². The van der Waals surface area contributed by atoms with Crippen LogP contribution in [0.2, 0.25) is 0 Å². The van der Waals surface area contributed by atoms with E-state index in [1.807, 2.05) is 48.5 Å². The Kier molecular flexibility index (Phi) is 9.78. The number of rotatable bonds is 12. The normalized spacial score (nSPS) is 11.0. The molecule has 2 N–H and O–H groups in total. The minimum atomic E-state index is -0.384. The third kappa shape index (κ3) is 7.60. The van der Waals surface area contributed by atoms with Crippen LogP contribution in [0.5, 0.6) is 5.75 Å². The number of hydrogen-bond donors (Lipinski definition) is 2. The van der Waals surface area contributed by atoms with Gasteiger partial charge in [0.15, 0.2) is 0 Å². The number of amides is 1. The van der Waals surface area contributed by atoms with Crippen molar-refractivity contribution in [3.8, 4) is 17.0 Å². The number of nitrogens with zero attached hydrogens (tertiary/aromatic N) is 3. The van der Waals surface area contributed by atoms with E-state index in [1.54, 1.807) is 12.3 Å². The highest BCUT2D eigenvalue weighted by molar-refractivity contribution is 6.18. The van der Waals surface area contributed by atoms with E-state index < -0.39 is 0 Å². The molecule has 1 amide bonds. The van der Waals surface area contributed by atoms with E-state index in [9.17, 15) is 4.79 Å². The molecule has 9 heteroatoms. The van der Waals surface area contributed by atoms with Crippen LogP contribution in [0.25, 0.3) is 11.3 Å². The summed E-state index contributed by atoms with van der Waals surface area (Å²) >= 11 is 11.8. The van der Waals surface area contributed by atoms with Gasteiger partial charge in [0.25, 0.3) is 5.91 Å². The summed E-state index contributed by atoms with van der Waals surface area (Å²) in [5.74, 6) is 1.42. The van der Waals surface area contributed by atoms with Crippen LogP contribution in [-0.2, 0) is 6.61 Å². The van der Waals surface area contributed by atoms with Crippen molar-refractivity contribution in [3.63, 3.8) is 0 Å². The number of hydrogen-bond acceptors (Lipinski definition) is 5. The molecule has 3 aromatic carbocycles. The summed E-state index contributed by atoms with van der Waals surface area (Å²) in [5, 5.41) is 11.1. The van der Waals surface area contributed by atoms with Gasteiger partial charge in [0.2, 0.25) is 0 Å². The number of aryl methyl sites for hydroxylation is 1. The van der Waals surface area contributed by atoms with Gasteiger partial charge in [0.1, 0.15) is 18.1 Å². The highest BCUT2D eigenvalue weighted by Gasteiger charge is 2.11. The van der Waals surface area contributed by atoms with E-state index in [-0.39, 0.29) is 5.91 Å². The van der Waals surface area contributed by atoms with Crippen molar-refractivity contribution in [2.45, 2.75) is 13.5 Å². The van der Waals surface area contributed by atoms with Crippen LogP contribution < -0.4 is 15.1 Å². The average molecular weight is 550 g/mol. The van der Waals surface area contributed by atoms with Crippen molar-refractivity contribution < 1.29 is 9.53 Å². The minimum Gasteiger partial charge on any atom is -0.489 e. The van der Waals surface area contributed by atoms with Crippen LogP contribution >= 0.6 is 23.2 Å². The number of halogens is 2. The number of carbonyl (C=O) groups excluding carboxylic acids is 1. The van der Waals surface area contributed by atoms with Gasteiger partial charge in [0.05, 0.1) is 11.9 Å². The molecule has 0 radical (unpaired) electrons. The first-order valence-electron chi connectivity index (χ1n) is 12.2. The lowest BCUT2D eigenvalue weighted by molar-refractivity contribution is 0.0950. The Labute approximate surface area is 232 Å². The third-order valence-electron chi connectivity index (χ3n) is 5.85. The lowest BCUT2D eigenvalue weighted by atomic mass is 10.1. The molecule has 0 aliphatic heterocycles. The maximum absolute atomic E-state index is 12.5. The molecule has 1 heterocycles. The van der Waals surface area contributed by atoms with Gasteiger partial charge in [-0.05, 0) is 60.5 Å². The highest BCUT2D eigenvalue weighted by Crippen LogP contribution is 2.22. The number of hydrazone groups is 1. The van der Waals surface area contributed by atoms with Gasteiger partial charge < -0.3 is 9.64 Å². The smallest absolute Gasteiger partial charge is 0.289 e. The molecule has 0 saturated carbocycles. The number of aromatic amines is 1. The summed E-state index contributed by atoms with van der Waals surface area (Å²) in [4.78, 5) is 14.6. The summed E-state index contributed by atoms with van der Waals surface area (Å²) < 4.78 is 5.87. The zero-order valence-corrected chi connectivity index (χ0v) is 22.5. The van der Waals surface area contributed by atoms with Crippen LogP contribution in [0.15, 0.2) is 84.0 Å². The molecular weight excluding hydrogens is 521 g/mol. The van der Waals surface area contributed by atoms with E-state index in [0.29, 0.717) is 29.8 Å². The van der Waals surface area contributed by atoms with Crippen molar-refractivity contribution in [3.05, 3.63) is 101 Å². The fourth-order valence-electron chi connectivity index (χ4n) is 3.73. The Morgan fingerprint density at radius 1 is 1.00 bits per heavy atom. The molecule has 0 aliphatic carbocycles. The van der Waals surface area contributed by atoms with Gasteiger partial charge in [-0.2, -0.15) is 10.2 Å². The monoisotopic (exact) mass is 549 g/mol. The molecule has 0 spiro atoms. The van der Waals surface area contributed by atoms with E-state index in [4.69, 9.17) is 27.9 Å². The quantitative estimate of drug-likeness (QED) is 0.129. The first-order valence-corrected chi connectivity index (χ1v) is 13.3. The van der Waals surface area contributed by atoms with Gasteiger partial charge in [0, 0.05) is 36.1 Å². The van der Waals surface area contributed by atoms with Crippen LogP contribution in [-0.4, -0.2) is 47.2 Å². The van der Waals surface area contributed by atoms with Crippen LogP contribution in [0, 0.1) is 6.92 Å². The second-order valence-corrected chi connectivity index (χ2v) is 9.38. The van der Waals surface area contributed by atoms with Gasteiger partial charge in [-0.25, -0.2) is 5.43 Å². The number of aromatic nitrogens is 2. The molecule has 0 aliphatic rings. The molecule has 0 unspecified atom stereocenters. The van der Waals surface area contributed by atoms with Crippen molar-refractivity contribution in [2.75, 3.05) is 29.7 Å². The number of nitrogens with one attached hydrogen (secondary N) is 2. The fraction of sp³-hybridized carbons (Fsp3) is 0.207. The molecule has 0 atom stereocenters. The zero-order chi connectivity index (χ0) is 26.7. The van der Waals surface area contributed by atoms with E-state index in [0.717, 1.165) is 41.2 Å². The average Bonchev–Trinajstić information content (AvgIpc) is 3.44. The molecule has 0 saturated heterocycles. The van der Waals surface area contributed by atoms with Crippen LogP contribution in [0.1, 0.15) is 27.2 Å². The first-order chi connectivity index (χ1) is 18.6. The van der Waals surface area contributed by atoms with Gasteiger partial charge in [-0.15, -0.1) is 23.2 Å². The summed E-state index contributed by atoms with van der Waals surface area (Å²) in [7, 11) is 0.